The van der Waals surface area contributed by atoms with Crippen LogP contribution < -0.4 is 4.90 Å². The van der Waals surface area contributed by atoms with Crippen molar-refractivity contribution in [2.24, 2.45) is 4.99 Å². The molecule has 3 nitrogen and oxygen atoms in total. The topological polar surface area (TPSA) is 35.8 Å². The number of phenolic OH excluding ortho intramolecular Hbond substituents is 1. The molecule has 1 atom stereocenters. The normalized spacial score (nSPS) is 18.0. The summed E-state index contributed by atoms with van der Waals surface area (Å²) in [5.41, 5.74) is 3.03. The third-order valence-electron chi connectivity index (χ3n) is 4.43. The molecule has 0 bridgehead atoms. The molecular formula is C21H16Cl2N2O. The van der Waals surface area contributed by atoms with E-state index in [1.54, 1.807) is 12.1 Å². The molecule has 0 spiro atoms. The van der Waals surface area contributed by atoms with Gasteiger partial charge in [0.2, 0.25) is 0 Å². The third kappa shape index (κ3) is 3.41. The van der Waals surface area contributed by atoms with Crippen LogP contribution in [0.5, 0.6) is 5.75 Å². The smallest absolute Gasteiger partial charge is 0.115 e. The minimum atomic E-state index is 0.183. The van der Waals surface area contributed by atoms with Gasteiger partial charge in [-0.3, -0.25) is 0 Å². The Bertz CT molecular complexity index is 935. The van der Waals surface area contributed by atoms with Crippen LogP contribution in [0.4, 0.5) is 11.4 Å². The van der Waals surface area contributed by atoms with Crippen molar-refractivity contribution in [3.8, 4) is 5.75 Å². The number of amidine groups is 1. The van der Waals surface area contributed by atoms with Gasteiger partial charge in [-0.05, 0) is 66.2 Å². The van der Waals surface area contributed by atoms with E-state index < -0.39 is 0 Å². The predicted molar refractivity (Wildman–Crippen MR) is 108 cm³/mol. The zero-order valence-electron chi connectivity index (χ0n) is 13.8. The molecule has 0 amide bonds. The molecule has 3 aromatic carbocycles. The van der Waals surface area contributed by atoms with Crippen molar-refractivity contribution in [2.45, 2.75) is 12.5 Å². The number of anilines is 1. The maximum absolute atomic E-state index is 9.59. The van der Waals surface area contributed by atoms with Gasteiger partial charge in [-0.2, -0.15) is 0 Å². The molecule has 1 unspecified atom stereocenters. The highest BCUT2D eigenvalue weighted by Gasteiger charge is 2.36. The Morgan fingerprint density at radius 1 is 0.808 bits per heavy atom. The van der Waals surface area contributed by atoms with Crippen LogP contribution in [0.2, 0.25) is 10.0 Å². The second kappa shape index (κ2) is 7.02. The molecule has 1 heterocycles. The Labute approximate surface area is 162 Å². The lowest BCUT2D eigenvalue weighted by Crippen LogP contribution is -2.46. The number of hydrogen-bond acceptors (Lipinski definition) is 2. The van der Waals surface area contributed by atoms with Gasteiger partial charge in [0.1, 0.15) is 11.6 Å². The fraction of sp³-hybridized carbons (Fsp3) is 0.0952. The first-order chi connectivity index (χ1) is 12.6. The monoisotopic (exact) mass is 382 g/mol. The second-order valence-corrected chi connectivity index (χ2v) is 7.04. The fourth-order valence-electron chi connectivity index (χ4n) is 3.09. The standard InChI is InChI=1S/C21H16Cl2N2O/c22-15-3-1-14(2-4-15)20-13-21(24-17-7-5-16(23)6-8-17)25(20)18-9-11-19(26)12-10-18/h1-12,20,26H,13H2/b24-21+. The molecule has 1 aliphatic rings. The van der Waals surface area contributed by atoms with Gasteiger partial charge >= 0.3 is 0 Å². The molecular weight excluding hydrogens is 367 g/mol. The maximum atomic E-state index is 9.59. The van der Waals surface area contributed by atoms with Crippen LogP contribution in [0, 0.1) is 0 Å². The molecule has 3 aromatic rings. The highest BCUT2D eigenvalue weighted by atomic mass is 35.5. The van der Waals surface area contributed by atoms with Gasteiger partial charge < -0.3 is 10.0 Å². The van der Waals surface area contributed by atoms with E-state index in [4.69, 9.17) is 28.2 Å². The number of nitrogens with zero attached hydrogens (tertiary/aromatic N) is 2. The van der Waals surface area contributed by atoms with E-state index in [2.05, 4.69) is 4.90 Å². The van der Waals surface area contributed by atoms with Crippen LogP contribution in [0.3, 0.4) is 0 Å². The molecule has 130 valence electrons. The molecule has 4 rings (SSSR count). The Morgan fingerprint density at radius 2 is 1.38 bits per heavy atom. The van der Waals surface area contributed by atoms with Gasteiger partial charge in [0.25, 0.3) is 0 Å². The highest BCUT2D eigenvalue weighted by Crippen LogP contribution is 2.41. The molecule has 0 radical (unpaired) electrons. The number of aromatic hydroxyl groups is 1. The van der Waals surface area contributed by atoms with Crippen LogP contribution in [-0.4, -0.2) is 10.9 Å². The average molecular weight is 383 g/mol. The SMILES string of the molecule is Oc1ccc(N2/C(=N/c3ccc(Cl)cc3)CC2c2ccc(Cl)cc2)cc1. The molecule has 0 aliphatic carbocycles. The van der Waals surface area contributed by atoms with Crippen molar-refractivity contribution in [1.29, 1.82) is 0 Å². The largest absolute Gasteiger partial charge is 0.508 e. The Morgan fingerprint density at radius 3 is 2.00 bits per heavy atom. The summed E-state index contributed by atoms with van der Waals surface area (Å²) in [6.45, 7) is 0. The van der Waals surface area contributed by atoms with Crippen molar-refractivity contribution in [3.63, 3.8) is 0 Å². The van der Waals surface area contributed by atoms with E-state index in [-0.39, 0.29) is 11.8 Å². The van der Waals surface area contributed by atoms with Gasteiger partial charge in [0.05, 0.1) is 11.7 Å². The van der Waals surface area contributed by atoms with Crippen LogP contribution in [-0.2, 0) is 0 Å². The quantitative estimate of drug-likeness (QED) is 0.570. The average Bonchev–Trinajstić information content (AvgIpc) is 2.63. The fourth-order valence-corrected chi connectivity index (χ4v) is 3.34. The van der Waals surface area contributed by atoms with Crippen LogP contribution in [0.25, 0.3) is 0 Å². The first-order valence-corrected chi connectivity index (χ1v) is 9.02. The number of phenols is 1. The molecule has 1 N–H and O–H groups in total. The van der Waals surface area contributed by atoms with E-state index in [1.165, 1.54) is 5.56 Å². The minimum absolute atomic E-state index is 0.183. The first kappa shape index (κ1) is 17.0. The van der Waals surface area contributed by atoms with Gasteiger partial charge in [0, 0.05) is 22.2 Å². The number of halogens is 2. The van der Waals surface area contributed by atoms with Crippen molar-refractivity contribution in [3.05, 3.63) is 88.4 Å². The van der Waals surface area contributed by atoms with E-state index >= 15 is 0 Å². The predicted octanol–water partition coefficient (Wildman–Crippen LogP) is 6.38. The van der Waals surface area contributed by atoms with Gasteiger partial charge in [0.15, 0.2) is 0 Å². The zero-order valence-corrected chi connectivity index (χ0v) is 15.3. The van der Waals surface area contributed by atoms with E-state index in [0.29, 0.717) is 5.02 Å². The highest BCUT2D eigenvalue weighted by molar-refractivity contribution is 6.30. The summed E-state index contributed by atoms with van der Waals surface area (Å²) >= 11 is 12.0. The molecule has 0 saturated carbocycles. The summed E-state index contributed by atoms with van der Waals surface area (Å²) in [6, 6.07) is 22.7. The third-order valence-corrected chi connectivity index (χ3v) is 4.94. The zero-order chi connectivity index (χ0) is 18.1. The number of aliphatic imine (C=N–C) groups is 1. The molecule has 5 heteroatoms. The maximum Gasteiger partial charge on any atom is 0.115 e. The lowest BCUT2D eigenvalue weighted by Gasteiger charge is -2.44. The summed E-state index contributed by atoms with van der Waals surface area (Å²) in [6.07, 6.45) is 0.825. The molecule has 0 aromatic heterocycles. The second-order valence-electron chi connectivity index (χ2n) is 6.16. The van der Waals surface area contributed by atoms with Crippen LogP contribution in [0.15, 0.2) is 77.8 Å². The number of hydrogen-bond donors (Lipinski definition) is 1. The molecule has 1 fully saturated rings. The van der Waals surface area contributed by atoms with Crippen molar-refractivity contribution in [2.75, 3.05) is 4.90 Å². The Balaban J connectivity index is 1.69. The summed E-state index contributed by atoms with van der Waals surface area (Å²) in [4.78, 5) is 6.95. The number of rotatable bonds is 3. The van der Waals surface area contributed by atoms with Crippen LogP contribution in [0.1, 0.15) is 18.0 Å². The minimum Gasteiger partial charge on any atom is -0.508 e. The summed E-state index contributed by atoms with van der Waals surface area (Å²) in [7, 11) is 0. The van der Waals surface area contributed by atoms with E-state index in [1.807, 2.05) is 60.7 Å². The lowest BCUT2D eigenvalue weighted by atomic mass is 9.92. The van der Waals surface area contributed by atoms with E-state index in [9.17, 15) is 5.11 Å². The Hall–Kier alpha value is -2.49. The summed E-state index contributed by atoms with van der Waals surface area (Å²) in [5.74, 6) is 1.21. The lowest BCUT2D eigenvalue weighted by molar-refractivity contribution is 0.475. The molecule has 1 saturated heterocycles. The first-order valence-electron chi connectivity index (χ1n) is 8.27. The number of benzene rings is 3. The summed E-state index contributed by atoms with van der Waals surface area (Å²) < 4.78 is 0. The Kier molecular flexibility index (Phi) is 4.58. The van der Waals surface area contributed by atoms with Crippen molar-refractivity contribution in [1.82, 2.24) is 0 Å². The summed E-state index contributed by atoms with van der Waals surface area (Å²) in [5, 5.41) is 11.0. The van der Waals surface area contributed by atoms with E-state index in [0.717, 1.165) is 28.7 Å². The van der Waals surface area contributed by atoms with Gasteiger partial charge in [-0.1, -0.05) is 35.3 Å². The van der Waals surface area contributed by atoms with Gasteiger partial charge in [-0.15, -0.1) is 0 Å². The molecule has 26 heavy (non-hydrogen) atoms. The van der Waals surface area contributed by atoms with Gasteiger partial charge in [-0.25, -0.2) is 4.99 Å². The molecule has 1 aliphatic heterocycles. The van der Waals surface area contributed by atoms with Crippen LogP contribution >= 0.6 is 23.2 Å². The van der Waals surface area contributed by atoms with Crippen molar-refractivity contribution < 1.29 is 5.11 Å². The van der Waals surface area contributed by atoms with Crippen molar-refractivity contribution >= 4 is 40.4 Å².